The molecular formula is C23H19FN4O2. The van der Waals surface area contributed by atoms with Crippen LogP contribution in [0.2, 0.25) is 0 Å². The van der Waals surface area contributed by atoms with Crippen LogP contribution in [0.5, 0.6) is 0 Å². The van der Waals surface area contributed by atoms with Crippen molar-refractivity contribution in [3.63, 3.8) is 0 Å². The number of fused-ring (bicyclic) bond motifs is 1. The largest absolute Gasteiger partial charge is 0.321 e. The number of nitrogens with one attached hydrogen (secondary N) is 1. The Bertz CT molecular complexity index is 1250. The monoisotopic (exact) mass is 402 g/mol. The Balaban J connectivity index is 1.62. The molecule has 0 fully saturated rings. The van der Waals surface area contributed by atoms with Crippen molar-refractivity contribution in [2.24, 2.45) is 0 Å². The molecule has 0 aliphatic carbocycles. The van der Waals surface area contributed by atoms with E-state index in [1.54, 1.807) is 47.4 Å². The van der Waals surface area contributed by atoms with Gasteiger partial charge in [-0.05, 0) is 50.2 Å². The molecule has 0 aliphatic rings. The lowest BCUT2D eigenvalue weighted by atomic mass is 9.98. The number of rotatable bonds is 5. The van der Waals surface area contributed by atoms with E-state index in [1.165, 1.54) is 24.3 Å². The Kier molecular flexibility index (Phi) is 5.10. The summed E-state index contributed by atoms with van der Waals surface area (Å²) in [6.07, 6.45) is 3.26. The number of carbonyl (C=O) groups is 2. The molecule has 0 aliphatic heterocycles. The van der Waals surface area contributed by atoms with Gasteiger partial charge in [0.2, 0.25) is 0 Å². The zero-order valence-corrected chi connectivity index (χ0v) is 16.5. The summed E-state index contributed by atoms with van der Waals surface area (Å²) in [4.78, 5) is 30.2. The van der Waals surface area contributed by atoms with Crippen molar-refractivity contribution in [3.8, 4) is 0 Å². The second-order valence-electron chi connectivity index (χ2n) is 7.16. The van der Waals surface area contributed by atoms with Gasteiger partial charge in [0.15, 0.2) is 11.4 Å². The van der Waals surface area contributed by atoms with Crippen LogP contribution >= 0.6 is 0 Å². The van der Waals surface area contributed by atoms with Crippen LogP contribution in [0.1, 0.15) is 46.2 Å². The zero-order chi connectivity index (χ0) is 21.3. The molecule has 2 heterocycles. The van der Waals surface area contributed by atoms with Gasteiger partial charge in [-0.3, -0.25) is 9.59 Å². The Labute approximate surface area is 172 Å². The van der Waals surface area contributed by atoms with Crippen molar-refractivity contribution >= 4 is 28.4 Å². The molecule has 0 saturated heterocycles. The van der Waals surface area contributed by atoms with E-state index in [1.807, 2.05) is 13.8 Å². The number of benzene rings is 2. The topological polar surface area (TPSA) is 76.9 Å². The fourth-order valence-corrected chi connectivity index (χ4v) is 3.22. The molecule has 2 aromatic heterocycles. The maximum Gasteiger partial charge on any atom is 0.256 e. The summed E-state index contributed by atoms with van der Waals surface area (Å²) in [5.41, 5.74) is 2.00. The predicted molar refractivity (Wildman–Crippen MR) is 112 cm³/mol. The summed E-state index contributed by atoms with van der Waals surface area (Å²) < 4.78 is 15.0. The second kappa shape index (κ2) is 7.87. The smallest absolute Gasteiger partial charge is 0.256 e. The van der Waals surface area contributed by atoms with Crippen LogP contribution in [-0.4, -0.2) is 26.5 Å². The highest BCUT2D eigenvalue weighted by Crippen LogP contribution is 2.21. The first-order chi connectivity index (χ1) is 14.4. The van der Waals surface area contributed by atoms with E-state index < -0.39 is 11.7 Å². The molecule has 0 bridgehead atoms. The third-order valence-corrected chi connectivity index (χ3v) is 4.70. The highest BCUT2D eigenvalue weighted by molar-refractivity contribution is 6.17. The third kappa shape index (κ3) is 3.69. The molecule has 30 heavy (non-hydrogen) atoms. The van der Waals surface area contributed by atoms with Gasteiger partial charge in [-0.2, -0.15) is 5.10 Å². The van der Waals surface area contributed by atoms with Crippen molar-refractivity contribution in [1.29, 1.82) is 0 Å². The normalized spacial score (nSPS) is 11.1. The van der Waals surface area contributed by atoms with Gasteiger partial charge in [-0.1, -0.05) is 18.2 Å². The van der Waals surface area contributed by atoms with Gasteiger partial charge < -0.3 is 5.32 Å². The number of aromatic nitrogens is 3. The first-order valence-electron chi connectivity index (χ1n) is 9.48. The number of anilines is 1. The SMILES string of the molecule is CC(C)n1ncc2cc(NC(=O)c3ccccc3C(=O)c3ccc(F)cc3)cnc21. The van der Waals surface area contributed by atoms with Gasteiger partial charge in [0.25, 0.3) is 5.91 Å². The lowest BCUT2D eigenvalue weighted by Gasteiger charge is -2.10. The molecular weight excluding hydrogens is 383 g/mol. The summed E-state index contributed by atoms with van der Waals surface area (Å²) in [6, 6.07) is 13.7. The molecule has 4 aromatic rings. The van der Waals surface area contributed by atoms with Crippen LogP contribution in [0.15, 0.2) is 67.0 Å². The lowest BCUT2D eigenvalue weighted by Crippen LogP contribution is -2.17. The summed E-state index contributed by atoms with van der Waals surface area (Å²) in [7, 11) is 0. The van der Waals surface area contributed by atoms with Crippen LogP contribution in [0.25, 0.3) is 11.0 Å². The number of pyridine rings is 1. The third-order valence-electron chi connectivity index (χ3n) is 4.70. The van der Waals surface area contributed by atoms with Gasteiger partial charge in [0.1, 0.15) is 5.82 Å². The number of ketones is 1. The molecule has 0 atom stereocenters. The van der Waals surface area contributed by atoms with Crippen molar-refractivity contribution in [2.45, 2.75) is 19.9 Å². The summed E-state index contributed by atoms with van der Waals surface area (Å²) >= 11 is 0. The standard InChI is InChI=1S/C23H19FN4O2/c1-14(2)28-22-16(12-26-28)11-18(13-25-22)27-23(30)20-6-4-3-5-19(20)21(29)15-7-9-17(24)10-8-15/h3-14H,1-2H3,(H,27,30). The van der Waals surface area contributed by atoms with Gasteiger partial charge in [0, 0.05) is 22.6 Å². The number of hydrogen-bond donors (Lipinski definition) is 1. The van der Waals surface area contributed by atoms with Crippen LogP contribution in [0.3, 0.4) is 0 Å². The summed E-state index contributed by atoms with van der Waals surface area (Å²) in [5, 5.41) is 7.92. The lowest BCUT2D eigenvalue weighted by molar-refractivity contribution is 0.0996. The number of nitrogens with zero attached hydrogens (tertiary/aromatic N) is 3. The maximum absolute atomic E-state index is 13.2. The molecule has 0 unspecified atom stereocenters. The first-order valence-corrected chi connectivity index (χ1v) is 9.48. The van der Waals surface area contributed by atoms with Crippen LogP contribution in [0.4, 0.5) is 10.1 Å². The number of carbonyl (C=O) groups excluding carboxylic acids is 2. The second-order valence-corrected chi connectivity index (χ2v) is 7.16. The average Bonchev–Trinajstić information content (AvgIpc) is 3.17. The van der Waals surface area contributed by atoms with Crippen LogP contribution in [-0.2, 0) is 0 Å². The minimum Gasteiger partial charge on any atom is -0.321 e. The molecule has 6 nitrogen and oxygen atoms in total. The molecule has 0 radical (unpaired) electrons. The Morgan fingerprint density at radius 2 is 1.70 bits per heavy atom. The maximum atomic E-state index is 13.2. The number of amides is 1. The molecule has 4 rings (SSSR count). The van der Waals surface area contributed by atoms with E-state index in [2.05, 4.69) is 15.4 Å². The van der Waals surface area contributed by atoms with E-state index in [9.17, 15) is 14.0 Å². The minimum absolute atomic E-state index is 0.166. The number of halogens is 1. The molecule has 0 spiro atoms. The summed E-state index contributed by atoms with van der Waals surface area (Å²) in [6.45, 7) is 4.03. The van der Waals surface area contributed by atoms with Crippen molar-refractivity contribution in [3.05, 3.63) is 89.5 Å². The zero-order valence-electron chi connectivity index (χ0n) is 16.5. The van der Waals surface area contributed by atoms with Crippen molar-refractivity contribution in [2.75, 3.05) is 5.32 Å². The molecule has 1 N–H and O–H groups in total. The average molecular weight is 402 g/mol. The van der Waals surface area contributed by atoms with Crippen LogP contribution < -0.4 is 5.32 Å². The highest BCUT2D eigenvalue weighted by atomic mass is 19.1. The van der Waals surface area contributed by atoms with E-state index >= 15 is 0 Å². The minimum atomic E-state index is -0.432. The van der Waals surface area contributed by atoms with Gasteiger partial charge >= 0.3 is 0 Å². The van der Waals surface area contributed by atoms with E-state index in [-0.39, 0.29) is 23.0 Å². The number of hydrogen-bond acceptors (Lipinski definition) is 4. The van der Waals surface area contributed by atoms with Crippen LogP contribution in [0, 0.1) is 5.82 Å². The Morgan fingerprint density at radius 1 is 1.00 bits per heavy atom. The van der Waals surface area contributed by atoms with E-state index in [0.29, 0.717) is 11.3 Å². The molecule has 1 amide bonds. The van der Waals surface area contributed by atoms with Gasteiger partial charge in [-0.15, -0.1) is 0 Å². The van der Waals surface area contributed by atoms with E-state index in [4.69, 9.17) is 0 Å². The van der Waals surface area contributed by atoms with Crippen molar-refractivity contribution in [1.82, 2.24) is 14.8 Å². The Hall–Kier alpha value is -3.87. The molecule has 2 aromatic carbocycles. The molecule has 7 heteroatoms. The quantitative estimate of drug-likeness (QED) is 0.494. The molecule has 150 valence electrons. The van der Waals surface area contributed by atoms with Crippen molar-refractivity contribution < 1.29 is 14.0 Å². The molecule has 0 saturated carbocycles. The van der Waals surface area contributed by atoms with Gasteiger partial charge in [-0.25, -0.2) is 14.1 Å². The fraction of sp³-hybridized carbons (Fsp3) is 0.130. The Morgan fingerprint density at radius 3 is 2.40 bits per heavy atom. The fourth-order valence-electron chi connectivity index (χ4n) is 3.22. The first kappa shape index (κ1) is 19.4. The predicted octanol–water partition coefficient (Wildman–Crippen LogP) is 4.63. The summed E-state index contributed by atoms with van der Waals surface area (Å²) in [5.74, 6) is -1.22. The van der Waals surface area contributed by atoms with E-state index in [0.717, 1.165) is 11.0 Å². The highest BCUT2D eigenvalue weighted by Gasteiger charge is 2.19. The van der Waals surface area contributed by atoms with Gasteiger partial charge in [0.05, 0.1) is 23.6 Å².